The molecule has 0 radical (unpaired) electrons. The maximum absolute atomic E-state index is 12.4. The van der Waals surface area contributed by atoms with Gasteiger partial charge in [0.15, 0.2) is 0 Å². The fraction of sp³-hybridized carbons (Fsp3) is 0.846. The third kappa shape index (κ3) is 3.91. The van der Waals surface area contributed by atoms with Crippen LogP contribution in [-0.4, -0.2) is 54.2 Å². The molecule has 1 saturated heterocycles. The van der Waals surface area contributed by atoms with Crippen molar-refractivity contribution in [2.45, 2.75) is 32.7 Å². The van der Waals surface area contributed by atoms with Crippen LogP contribution < -0.4 is 5.73 Å². The van der Waals surface area contributed by atoms with Crippen LogP contribution >= 0.6 is 0 Å². The van der Waals surface area contributed by atoms with Crippen molar-refractivity contribution in [2.24, 2.45) is 17.6 Å². The Labute approximate surface area is 113 Å². The molecule has 1 aliphatic rings. The van der Waals surface area contributed by atoms with Crippen molar-refractivity contribution in [3.05, 3.63) is 0 Å². The lowest BCUT2D eigenvalue weighted by Crippen LogP contribution is -2.49. The minimum atomic E-state index is -0.900. The molecule has 3 unspecified atom stereocenters. The van der Waals surface area contributed by atoms with Crippen LogP contribution in [0, 0.1) is 11.8 Å². The number of nitrogens with two attached hydrogens (primary N) is 1. The summed E-state index contributed by atoms with van der Waals surface area (Å²) in [4.78, 5) is 25.3. The first-order valence-electron chi connectivity index (χ1n) is 6.84. The third-order valence-corrected chi connectivity index (χ3v) is 3.54. The van der Waals surface area contributed by atoms with Gasteiger partial charge in [-0.05, 0) is 19.4 Å². The summed E-state index contributed by atoms with van der Waals surface area (Å²) in [6.07, 6.45) is 1.41. The standard InChI is InChI=1S/C13H24N2O4/c1-3-6-15(12(16)9(2)4-5-14)11-8-19-7-10(11)13(17)18/h9-11H,3-8,14H2,1-2H3,(H,17,18). The zero-order valence-corrected chi connectivity index (χ0v) is 11.7. The summed E-state index contributed by atoms with van der Waals surface area (Å²) in [6.45, 7) is 5.31. The van der Waals surface area contributed by atoms with Crippen LogP contribution in [0.15, 0.2) is 0 Å². The van der Waals surface area contributed by atoms with Crippen LogP contribution in [0.2, 0.25) is 0 Å². The van der Waals surface area contributed by atoms with E-state index in [4.69, 9.17) is 10.5 Å². The third-order valence-electron chi connectivity index (χ3n) is 3.54. The van der Waals surface area contributed by atoms with Gasteiger partial charge in [0.25, 0.3) is 0 Å². The smallest absolute Gasteiger partial charge is 0.311 e. The maximum atomic E-state index is 12.4. The van der Waals surface area contributed by atoms with Crippen molar-refractivity contribution in [2.75, 3.05) is 26.3 Å². The molecule has 1 heterocycles. The van der Waals surface area contributed by atoms with E-state index in [-0.39, 0.29) is 24.5 Å². The van der Waals surface area contributed by atoms with Crippen molar-refractivity contribution in [1.29, 1.82) is 0 Å². The van der Waals surface area contributed by atoms with Gasteiger partial charge in [-0.25, -0.2) is 0 Å². The Bertz CT molecular complexity index is 322. The second kappa shape index (κ2) is 7.45. The molecule has 0 spiro atoms. The van der Waals surface area contributed by atoms with Gasteiger partial charge in [0, 0.05) is 12.5 Å². The maximum Gasteiger partial charge on any atom is 0.311 e. The van der Waals surface area contributed by atoms with E-state index in [1.165, 1.54) is 0 Å². The second-order valence-corrected chi connectivity index (χ2v) is 5.06. The van der Waals surface area contributed by atoms with E-state index in [2.05, 4.69) is 0 Å². The average molecular weight is 272 g/mol. The molecular formula is C13H24N2O4. The summed E-state index contributed by atoms with van der Waals surface area (Å²) in [5.74, 6) is -1.72. The SMILES string of the molecule is CCCN(C(=O)C(C)CCN)C1COCC1C(=O)O. The van der Waals surface area contributed by atoms with E-state index >= 15 is 0 Å². The quantitative estimate of drug-likeness (QED) is 0.695. The van der Waals surface area contributed by atoms with Gasteiger partial charge < -0.3 is 20.5 Å². The van der Waals surface area contributed by atoms with E-state index in [0.717, 1.165) is 6.42 Å². The van der Waals surface area contributed by atoms with E-state index in [9.17, 15) is 14.7 Å². The minimum absolute atomic E-state index is 0.0194. The van der Waals surface area contributed by atoms with Crippen molar-refractivity contribution < 1.29 is 19.4 Å². The molecule has 1 amide bonds. The topological polar surface area (TPSA) is 92.9 Å². The number of hydrogen-bond donors (Lipinski definition) is 2. The molecule has 0 aliphatic carbocycles. The van der Waals surface area contributed by atoms with Gasteiger partial charge in [-0.2, -0.15) is 0 Å². The Hall–Kier alpha value is -1.14. The Morgan fingerprint density at radius 3 is 2.68 bits per heavy atom. The normalized spacial score (nSPS) is 24.2. The van der Waals surface area contributed by atoms with E-state index in [1.54, 1.807) is 4.90 Å². The van der Waals surface area contributed by atoms with Gasteiger partial charge in [0.05, 0.1) is 19.3 Å². The highest BCUT2D eigenvalue weighted by Crippen LogP contribution is 2.22. The first-order chi connectivity index (χ1) is 9.02. The number of aliphatic carboxylic acids is 1. The average Bonchev–Trinajstić information content (AvgIpc) is 2.84. The molecule has 6 nitrogen and oxygen atoms in total. The Kier molecular flexibility index (Phi) is 6.24. The number of amides is 1. The predicted octanol–water partition coefficient (Wildman–Crippen LogP) is 0.310. The Balaban J connectivity index is 2.81. The predicted molar refractivity (Wildman–Crippen MR) is 70.6 cm³/mol. The molecule has 0 aromatic heterocycles. The van der Waals surface area contributed by atoms with Crippen LogP contribution in [-0.2, 0) is 14.3 Å². The molecule has 3 atom stereocenters. The van der Waals surface area contributed by atoms with Crippen LogP contribution in [0.3, 0.4) is 0 Å². The zero-order chi connectivity index (χ0) is 14.4. The summed E-state index contributed by atoms with van der Waals surface area (Å²) in [7, 11) is 0. The fourth-order valence-electron chi connectivity index (χ4n) is 2.42. The lowest BCUT2D eigenvalue weighted by atomic mass is 9.99. The molecule has 110 valence electrons. The molecule has 1 rings (SSSR count). The molecular weight excluding hydrogens is 248 g/mol. The second-order valence-electron chi connectivity index (χ2n) is 5.06. The van der Waals surface area contributed by atoms with Gasteiger partial charge in [-0.1, -0.05) is 13.8 Å². The van der Waals surface area contributed by atoms with Crippen LogP contribution in [0.4, 0.5) is 0 Å². The number of hydrogen-bond acceptors (Lipinski definition) is 4. The number of carboxylic acids is 1. The molecule has 0 aromatic rings. The number of carbonyl (C=O) groups excluding carboxylic acids is 1. The number of rotatable bonds is 7. The minimum Gasteiger partial charge on any atom is -0.481 e. The summed E-state index contributed by atoms with van der Waals surface area (Å²) in [5, 5.41) is 9.19. The summed E-state index contributed by atoms with van der Waals surface area (Å²) in [6, 6.07) is -0.356. The monoisotopic (exact) mass is 272 g/mol. The van der Waals surface area contributed by atoms with Crippen molar-refractivity contribution in [3.8, 4) is 0 Å². The van der Waals surface area contributed by atoms with Gasteiger partial charge in [0.1, 0.15) is 5.92 Å². The van der Waals surface area contributed by atoms with Crippen LogP contribution in [0.1, 0.15) is 26.7 Å². The molecule has 19 heavy (non-hydrogen) atoms. The highest BCUT2D eigenvalue weighted by atomic mass is 16.5. The number of carboxylic acid groups (broad SMARTS) is 1. The molecule has 0 bridgehead atoms. The fourth-order valence-corrected chi connectivity index (χ4v) is 2.42. The Morgan fingerprint density at radius 1 is 1.47 bits per heavy atom. The van der Waals surface area contributed by atoms with E-state index in [0.29, 0.717) is 26.1 Å². The summed E-state index contributed by atoms with van der Waals surface area (Å²) in [5.41, 5.74) is 5.48. The largest absolute Gasteiger partial charge is 0.481 e. The first kappa shape index (κ1) is 15.9. The molecule has 3 N–H and O–H groups in total. The highest BCUT2D eigenvalue weighted by Gasteiger charge is 2.40. The van der Waals surface area contributed by atoms with Gasteiger partial charge in [0.2, 0.25) is 5.91 Å². The number of carbonyl (C=O) groups is 2. The van der Waals surface area contributed by atoms with Gasteiger partial charge in [-0.3, -0.25) is 9.59 Å². The number of ether oxygens (including phenoxy) is 1. The van der Waals surface area contributed by atoms with Crippen molar-refractivity contribution in [3.63, 3.8) is 0 Å². The summed E-state index contributed by atoms with van der Waals surface area (Å²) < 4.78 is 5.25. The highest BCUT2D eigenvalue weighted by molar-refractivity contribution is 5.80. The molecule has 0 aromatic carbocycles. The van der Waals surface area contributed by atoms with Crippen LogP contribution in [0.5, 0.6) is 0 Å². The summed E-state index contributed by atoms with van der Waals surface area (Å²) >= 11 is 0. The number of nitrogens with zero attached hydrogens (tertiary/aromatic N) is 1. The lowest BCUT2D eigenvalue weighted by molar-refractivity contribution is -0.146. The molecule has 1 fully saturated rings. The molecule has 1 aliphatic heterocycles. The van der Waals surface area contributed by atoms with Gasteiger partial charge >= 0.3 is 5.97 Å². The molecule has 6 heteroatoms. The lowest BCUT2D eigenvalue weighted by Gasteiger charge is -2.32. The van der Waals surface area contributed by atoms with Crippen molar-refractivity contribution >= 4 is 11.9 Å². The van der Waals surface area contributed by atoms with Crippen molar-refractivity contribution in [1.82, 2.24) is 4.90 Å². The zero-order valence-electron chi connectivity index (χ0n) is 11.7. The first-order valence-corrected chi connectivity index (χ1v) is 6.84. The van der Waals surface area contributed by atoms with Crippen LogP contribution in [0.25, 0.3) is 0 Å². The Morgan fingerprint density at radius 2 is 2.16 bits per heavy atom. The van der Waals surface area contributed by atoms with E-state index < -0.39 is 11.9 Å². The molecule has 0 saturated carbocycles. The van der Waals surface area contributed by atoms with E-state index in [1.807, 2.05) is 13.8 Å². The van der Waals surface area contributed by atoms with Gasteiger partial charge in [-0.15, -0.1) is 0 Å².